The van der Waals surface area contributed by atoms with Crippen molar-refractivity contribution in [3.8, 4) is 0 Å². The van der Waals surface area contributed by atoms with Crippen LogP contribution in [0.1, 0.15) is 64.2 Å². The first kappa shape index (κ1) is 25.2. The highest BCUT2D eigenvalue weighted by molar-refractivity contribution is 7.99. The molecule has 2 aliphatic carbocycles. The van der Waals surface area contributed by atoms with E-state index in [0.29, 0.717) is 0 Å². The summed E-state index contributed by atoms with van der Waals surface area (Å²) in [5.41, 5.74) is 11.5. The Morgan fingerprint density at radius 2 is 0.967 bits per heavy atom. The van der Waals surface area contributed by atoms with Crippen LogP contribution in [0, 0.1) is 11.8 Å². The predicted octanol–water partition coefficient (Wildman–Crippen LogP) is 3.89. The molecule has 0 aromatic rings. The fourth-order valence-electron chi connectivity index (χ4n) is 6.16. The van der Waals surface area contributed by atoms with Crippen LogP contribution in [0.5, 0.6) is 0 Å². The van der Waals surface area contributed by atoms with Crippen LogP contribution in [0.2, 0.25) is 0 Å². The Hall–Kier alpha value is 0.540. The van der Waals surface area contributed by atoms with Gasteiger partial charge in [0.1, 0.15) is 0 Å². The number of nitrogens with zero attached hydrogens (tertiary/aromatic N) is 2. The van der Waals surface area contributed by atoms with E-state index in [2.05, 4.69) is 33.3 Å². The summed E-state index contributed by atoms with van der Waals surface area (Å²) in [5.74, 6) is 6.57. The molecule has 1 heterocycles. The maximum absolute atomic E-state index is 5.75. The molecule has 3 rings (SSSR count). The van der Waals surface area contributed by atoms with E-state index in [1.54, 1.807) is 0 Å². The lowest BCUT2D eigenvalue weighted by molar-refractivity contribution is -0.0242. The quantitative estimate of drug-likeness (QED) is 0.435. The average molecular weight is 457 g/mol. The van der Waals surface area contributed by atoms with Crippen molar-refractivity contribution in [2.24, 2.45) is 23.3 Å². The highest BCUT2D eigenvalue weighted by atomic mass is 32.2. The van der Waals surface area contributed by atoms with Crippen LogP contribution in [0.4, 0.5) is 0 Å². The minimum atomic E-state index is 0.781. The summed E-state index contributed by atoms with van der Waals surface area (Å²) >= 11 is 4.11. The number of nitrogens with two attached hydrogens (primary N) is 2. The van der Waals surface area contributed by atoms with E-state index in [1.807, 2.05) is 0 Å². The third kappa shape index (κ3) is 7.84. The number of rotatable bonds is 12. The van der Waals surface area contributed by atoms with Crippen molar-refractivity contribution in [2.45, 2.75) is 76.3 Å². The molecule has 1 saturated heterocycles. The lowest BCUT2D eigenvalue weighted by Crippen LogP contribution is -2.63. The Morgan fingerprint density at radius 1 is 0.567 bits per heavy atom. The van der Waals surface area contributed by atoms with Crippen molar-refractivity contribution >= 4 is 23.5 Å². The van der Waals surface area contributed by atoms with E-state index in [4.69, 9.17) is 11.5 Å². The zero-order chi connectivity index (χ0) is 21.0. The lowest BCUT2D eigenvalue weighted by atomic mass is 9.78. The Kier molecular flexibility index (Phi) is 12.3. The second-order valence-corrected chi connectivity index (χ2v) is 12.2. The summed E-state index contributed by atoms with van der Waals surface area (Å²) in [4.78, 5) is 5.89. The molecule has 2 atom stereocenters. The molecular weight excluding hydrogens is 408 g/mol. The zero-order valence-electron chi connectivity index (χ0n) is 19.3. The first-order valence-electron chi connectivity index (χ1n) is 12.9. The molecule has 30 heavy (non-hydrogen) atoms. The van der Waals surface area contributed by atoms with E-state index in [9.17, 15) is 0 Å². The summed E-state index contributed by atoms with van der Waals surface area (Å²) in [5, 5.41) is 0. The largest absolute Gasteiger partial charge is 0.330 e. The van der Waals surface area contributed by atoms with Crippen LogP contribution >= 0.6 is 23.5 Å². The van der Waals surface area contributed by atoms with E-state index in [-0.39, 0.29) is 0 Å². The molecule has 0 spiro atoms. The van der Waals surface area contributed by atoms with Gasteiger partial charge in [-0.25, -0.2) is 0 Å². The Labute approximate surface area is 195 Å². The molecule has 2 saturated carbocycles. The van der Waals surface area contributed by atoms with Crippen molar-refractivity contribution in [3.63, 3.8) is 0 Å². The molecule has 4 nitrogen and oxygen atoms in total. The van der Waals surface area contributed by atoms with Crippen LogP contribution in [-0.4, -0.2) is 84.2 Å². The fraction of sp³-hybridized carbons (Fsp3) is 1.00. The summed E-state index contributed by atoms with van der Waals surface area (Å²) in [6.07, 6.45) is 14.6. The van der Waals surface area contributed by atoms with Gasteiger partial charge >= 0.3 is 0 Å². The van der Waals surface area contributed by atoms with Crippen LogP contribution in [0.15, 0.2) is 0 Å². The summed E-state index contributed by atoms with van der Waals surface area (Å²) in [7, 11) is 0. The highest BCUT2D eigenvalue weighted by Crippen LogP contribution is 2.36. The van der Waals surface area contributed by atoms with Gasteiger partial charge in [0.15, 0.2) is 0 Å². The molecule has 6 heteroatoms. The summed E-state index contributed by atoms with van der Waals surface area (Å²) in [6, 6.07) is 1.56. The van der Waals surface area contributed by atoms with Gasteiger partial charge in [-0.3, -0.25) is 9.80 Å². The number of piperazine rings is 1. The monoisotopic (exact) mass is 456 g/mol. The Balaban J connectivity index is 1.67. The maximum Gasteiger partial charge on any atom is 0.0252 e. The van der Waals surface area contributed by atoms with E-state index in [0.717, 1.165) is 48.5 Å². The van der Waals surface area contributed by atoms with Crippen molar-refractivity contribution in [2.75, 3.05) is 62.3 Å². The van der Waals surface area contributed by atoms with Crippen LogP contribution < -0.4 is 11.5 Å². The molecule has 0 aromatic carbocycles. The van der Waals surface area contributed by atoms with Crippen molar-refractivity contribution in [1.29, 1.82) is 0 Å². The minimum Gasteiger partial charge on any atom is -0.330 e. The predicted molar refractivity (Wildman–Crippen MR) is 137 cm³/mol. The van der Waals surface area contributed by atoms with Gasteiger partial charge < -0.3 is 11.5 Å². The van der Waals surface area contributed by atoms with Crippen molar-refractivity contribution in [3.05, 3.63) is 0 Å². The van der Waals surface area contributed by atoms with Gasteiger partial charge in [-0.2, -0.15) is 23.5 Å². The van der Waals surface area contributed by atoms with Gasteiger partial charge in [0.2, 0.25) is 0 Å². The number of hydrogen-bond acceptors (Lipinski definition) is 6. The maximum atomic E-state index is 5.75. The molecule has 1 aliphatic heterocycles. The third-order valence-corrected chi connectivity index (χ3v) is 9.73. The van der Waals surface area contributed by atoms with Crippen molar-refractivity contribution in [1.82, 2.24) is 9.80 Å². The second-order valence-electron chi connectivity index (χ2n) is 9.72. The third-order valence-electron chi connectivity index (χ3n) is 7.74. The second kappa shape index (κ2) is 14.6. The Bertz CT molecular complexity index is 401. The smallest absolute Gasteiger partial charge is 0.0252 e. The fourth-order valence-corrected chi connectivity index (χ4v) is 7.63. The molecule has 0 amide bonds. The zero-order valence-corrected chi connectivity index (χ0v) is 21.0. The van der Waals surface area contributed by atoms with Gasteiger partial charge in [0.05, 0.1) is 0 Å². The standard InChI is InChI=1S/C24H48N4S2/c25-11-15-29-17-13-27-20-24(22-9-5-2-6-10-22)28(14-18-30-16-12-26)19-23(27)21-7-3-1-4-8-21/h21-24H,1-20,25-26H2. The van der Waals surface area contributed by atoms with Crippen LogP contribution in [0.3, 0.4) is 0 Å². The van der Waals surface area contributed by atoms with Gasteiger partial charge in [-0.15, -0.1) is 0 Å². The first-order valence-corrected chi connectivity index (χ1v) is 15.2. The molecular formula is C24H48N4S2. The van der Waals surface area contributed by atoms with Gasteiger partial charge in [-0.1, -0.05) is 38.5 Å². The minimum absolute atomic E-state index is 0.781. The molecule has 4 N–H and O–H groups in total. The number of hydrogen-bond donors (Lipinski definition) is 2. The van der Waals surface area contributed by atoms with E-state index >= 15 is 0 Å². The highest BCUT2D eigenvalue weighted by Gasteiger charge is 2.40. The van der Waals surface area contributed by atoms with Gasteiger partial charge in [0.25, 0.3) is 0 Å². The number of thioether (sulfide) groups is 2. The molecule has 0 radical (unpaired) electrons. The normalized spacial score (nSPS) is 28.2. The summed E-state index contributed by atoms with van der Waals surface area (Å²) < 4.78 is 0. The lowest BCUT2D eigenvalue weighted by Gasteiger charge is -2.52. The first-order chi connectivity index (χ1) is 14.8. The molecule has 0 aromatic heterocycles. The van der Waals surface area contributed by atoms with E-state index in [1.165, 1.54) is 102 Å². The van der Waals surface area contributed by atoms with Crippen LogP contribution in [0.25, 0.3) is 0 Å². The SMILES string of the molecule is NCCSCCN1CC(C2CCCCC2)N(CCSCCN)CC1C1CCCCC1. The van der Waals surface area contributed by atoms with Crippen molar-refractivity contribution < 1.29 is 0 Å². The van der Waals surface area contributed by atoms with Gasteiger partial charge in [0, 0.05) is 74.4 Å². The molecule has 3 fully saturated rings. The molecule has 0 bridgehead atoms. The molecule has 2 unspecified atom stereocenters. The average Bonchev–Trinajstić information content (AvgIpc) is 2.81. The van der Waals surface area contributed by atoms with E-state index < -0.39 is 0 Å². The molecule has 3 aliphatic rings. The topological polar surface area (TPSA) is 58.5 Å². The van der Waals surface area contributed by atoms with Crippen LogP contribution in [-0.2, 0) is 0 Å². The Morgan fingerprint density at radius 3 is 1.33 bits per heavy atom. The van der Waals surface area contributed by atoms with Gasteiger partial charge in [-0.05, 0) is 37.5 Å². The summed E-state index contributed by atoms with van der Waals surface area (Å²) in [6.45, 7) is 6.80. The molecule has 176 valence electrons.